The maximum Gasteiger partial charge on any atom is 0.410 e. The van der Waals surface area contributed by atoms with Gasteiger partial charge in [-0.3, -0.25) is 9.20 Å². The van der Waals surface area contributed by atoms with E-state index in [-0.39, 0.29) is 12.0 Å². The number of hydrogen-bond acceptors (Lipinski definition) is 6. The first-order valence-electron chi connectivity index (χ1n) is 14.9. The van der Waals surface area contributed by atoms with Crippen LogP contribution in [-0.4, -0.2) is 67.9 Å². The number of carbonyl (C=O) groups is 2. The van der Waals surface area contributed by atoms with E-state index in [0.717, 1.165) is 39.5 Å². The minimum atomic E-state index is -0.547. The molecule has 4 heterocycles. The Morgan fingerprint density at radius 3 is 2.27 bits per heavy atom. The third kappa shape index (κ3) is 7.13. The summed E-state index contributed by atoms with van der Waals surface area (Å²) < 4.78 is 7.43. The Labute approximate surface area is 262 Å². The van der Waals surface area contributed by atoms with Crippen LogP contribution in [0.15, 0.2) is 97.5 Å². The zero-order valence-electron chi connectivity index (χ0n) is 25.5. The van der Waals surface area contributed by atoms with E-state index in [1.807, 2.05) is 110 Å². The molecule has 6 rings (SSSR count). The van der Waals surface area contributed by atoms with Gasteiger partial charge in [0.25, 0.3) is 5.91 Å². The summed E-state index contributed by atoms with van der Waals surface area (Å²) in [6.45, 7) is 7.36. The molecule has 1 aliphatic heterocycles. The number of carbonyl (C=O) groups excluding carboxylic acids is 2. The number of rotatable bonds is 4. The van der Waals surface area contributed by atoms with E-state index in [9.17, 15) is 9.59 Å². The molecule has 0 unspecified atom stereocenters. The Bertz CT molecular complexity index is 1890. The Balaban J connectivity index is 1.13. The minimum absolute atomic E-state index is 0.0498. The molecule has 9 nitrogen and oxygen atoms in total. The van der Waals surface area contributed by atoms with Crippen molar-refractivity contribution in [1.29, 1.82) is 0 Å². The van der Waals surface area contributed by atoms with Crippen molar-refractivity contribution in [2.75, 3.05) is 31.5 Å². The molecule has 1 aliphatic rings. The van der Waals surface area contributed by atoms with Crippen molar-refractivity contribution < 1.29 is 14.3 Å². The fourth-order valence-corrected chi connectivity index (χ4v) is 5.03. The predicted octanol–water partition coefficient (Wildman–Crippen LogP) is 6.23. The number of imidazole rings is 1. The van der Waals surface area contributed by atoms with E-state index < -0.39 is 5.60 Å². The highest BCUT2D eigenvalue weighted by Crippen LogP contribution is 2.23. The van der Waals surface area contributed by atoms with Gasteiger partial charge in [0, 0.05) is 55.4 Å². The molecule has 0 atom stereocenters. The van der Waals surface area contributed by atoms with Gasteiger partial charge in [0.1, 0.15) is 22.8 Å². The van der Waals surface area contributed by atoms with Gasteiger partial charge < -0.3 is 19.9 Å². The van der Waals surface area contributed by atoms with Gasteiger partial charge in [0.15, 0.2) is 0 Å². The van der Waals surface area contributed by atoms with Crippen molar-refractivity contribution in [3.8, 4) is 23.0 Å². The Hall–Kier alpha value is -5.62. The van der Waals surface area contributed by atoms with Gasteiger partial charge in [0.2, 0.25) is 0 Å². The standard InChI is InChI=1S/C36H34N6O3/c1-36(2,3)45-35(44)41-21-19-40(20-22-41)34(43)28-12-10-27(11-13-28)29-14-16-33-38-24-31(42(33)25-29)15-9-26-17-18-37-32(23-26)39-30-7-5-4-6-8-30/h4-8,10-14,16-18,23-25H,19-22H2,1-3H3,(H,37,39). The zero-order valence-corrected chi connectivity index (χ0v) is 25.5. The SMILES string of the molecule is CC(C)(C)OC(=O)N1CCN(C(=O)c2ccc(-c3ccc4ncc(C#Cc5ccnc(Nc6ccccc6)c5)n4c3)cc2)CC1. The lowest BCUT2D eigenvalue weighted by molar-refractivity contribution is 0.0141. The number of piperazine rings is 1. The predicted molar refractivity (Wildman–Crippen MR) is 174 cm³/mol. The molecule has 3 aromatic heterocycles. The highest BCUT2D eigenvalue weighted by atomic mass is 16.6. The fraction of sp³-hybridized carbons (Fsp3) is 0.222. The number of anilines is 2. The summed E-state index contributed by atoms with van der Waals surface area (Å²) >= 11 is 0. The average Bonchev–Trinajstić information content (AvgIpc) is 3.46. The first-order valence-corrected chi connectivity index (χ1v) is 14.9. The van der Waals surface area contributed by atoms with E-state index in [1.165, 1.54) is 0 Å². The number of pyridine rings is 2. The molecule has 0 aliphatic carbocycles. The number of nitrogens with one attached hydrogen (secondary N) is 1. The molecule has 9 heteroatoms. The highest BCUT2D eigenvalue weighted by molar-refractivity contribution is 5.95. The van der Waals surface area contributed by atoms with Gasteiger partial charge in [-0.05, 0) is 86.3 Å². The van der Waals surface area contributed by atoms with Crippen LogP contribution in [0.4, 0.5) is 16.3 Å². The second kappa shape index (κ2) is 12.5. The summed E-state index contributed by atoms with van der Waals surface area (Å²) in [7, 11) is 0. The summed E-state index contributed by atoms with van der Waals surface area (Å²) in [5.41, 5.74) is 5.36. The first-order chi connectivity index (χ1) is 21.7. The van der Waals surface area contributed by atoms with Gasteiger partial charge in [-0.1, -0.05) is 36.3 Å². The molecule has 2 amide bonds. The van der Waals surface area contributed by atoms with Crippen molar-refractivity contribution in [3.05, 3.63) is 114 Å². The molecular weight excluding hydrogens is 564 g/mol. The third-order valence-corrected chi connectivity index (χ3v) is 7.33. The molecule has 1 fully saturated rings. The Morgan fingerprint density at radius 2 is 1.53 bits per heavy atom. The highest BCUT2D eigenvalue weighted by Gasteiger charge is 2.28. The van der Waals surface area contributed by atoms with Gasteiger partial charge in [-0.25, -0.2) is 14.8 Å². The molecule has 2 aromatic carbocycles. The van der Waals surface area contributed by atoms with Crippen LogP contribution in [0, 0.1) is 11.8 Å². The van der Waals surface area contributed by atoms with Crippen LogP contribution in [0.1, 0.15) is 42.4 Å². The summed E-state index contributed by atoms with van der Waals surface area (Å²) in [5, 5.41) is 3.30. The lowest BCUT2D eigenvalue weighted by Crippen LogP contribution is -2.51. The van der Waals surface area contributed by atoms with Crippen LogP contribution in [-0.2, 0) is 4.74 Å². The smallest absolute Gasteiger partial charge is 0.410 e. The number of benzene rings is 2. The van der Waals surface area contributed by atoms with Crippen molar-refractivity contribution in [2.24, 2.45) is 0 Å². The van der Waals surface area contributed by atoms with Crippen LogP contribution in [0.3, 0.4) is 0 Å². The maximum atomic E-state index is 13.2. The Morgan fingerprint density at radius 1 is 0.822 bits per heavy atom. The number of aromatic nitrogens is 3. The maximum absolute atomic E-state index is 13.2. The van der Waals surface area contributed by atoms with E-state index in [4.69, 9.17) is 4.74 Å². The summed E-state index contributed by atoms with van der Waals surface area (Å²) in [6, 6.07) is 25.2. The number of para-hydroxylation sites is 1. The normalized spacial score (nSPS) is 13.2. The van der Waals surface area contributed by atoms with Crippen LogP contribution in [0.2, 0.25) is 0 Å². The second-order valence-corrected chi connectivity index (χ2v) is 11.8. The number of fused-ring (bicyclic) bond motifs is 1. The molecule has 1 saturated heterocycles. The van der Waals surface area contributed by atoms with E-state index in [1.54, 1.807) is 22.2 Å². The lowest BCUT2D eigenvalue weighted by atomic mass is 10.0. The molecule has 1 N–H and O–H groups in total. The van der Waals surface area contributed by atoms with Gasteiger partial charge in [-0.15, -0.1) is 0 Å². The van der Waals surface area contributed by atoms with Crippen molar-refractivity contribution in [1.82, 2.24) is 24.2 Å². The molecule has 226 valence electrons. The second-order valence-electron chi connectivity index (χ2n) is 11.8. The topological polar surface area (TPSA) is 92.1 Å². The molecule has 5 aromatic rings. The van der Waals surface area contributed by atoms with Gasteiger partial charge in [-0.2, -0.15) is 0 Å². The molecule has 0 saturated carbocycles. The van der Waals surface area contributed by atoms with Gasteiger partial charge in [0.05, 0.1) is 6.20 Å². The largest absolute Gasteiger partial charge is 0.444 e. The van der Waals surface area contributed by atoms with Crippen LogP contribution in [0.25, 0.3) is 16.8 Å². The first kappa shape index (κ1) is 29.5. The monoisotopic (exact) mass is 598 g/mol. The number of amides is 2. The number of ether oxygens (including phenoxy) is 1. The van der Waals surface area contributed by atoms with Crippen molar-refractivity contribution in [2.45, 2.75) is 26.4 Å². The van der Waals surface area contributed by atoms with Crippen LogP contribution >= 0.6 is 0 Å². The lowest BCUT2D eigenvalue weighted by Gasteiger charge is -2.35. The molecule has 0 bridgehead atoms. The number of nitrogens with zero attached hydrogens (tertiary/aromatic N) is 5. The third-order valence-electron chi connectivity index (χ3n) is 7.33. The van der Waals surface area contributed by atoms with E-state index in [2.05, 4.69) is 27.1 Å². The summed E-state index contributed by atoms with van der Waals surface area (Å²) in [4.78, 5) is 37.9. The van der Waals surface area contributed by atoms with E-state index in [0.29, 0.717) is 31.7 Å². The molecular formula is C36H34N6O3. The van der Waals surface area contributed by atoms with Crippen LogP contribution < -0.4 is 5.32 Å². The molecule has 45 heavy (non-hydrogen) atoms. The van der Waals surface area contributed by atoms with Crippen molar-refractivity contribution in [3.63, 3.8) is 0 Å². The average molecular weight is 599 g/mol. The van der Waals surface area contributed by atoms with Crippen LogP contribution in [0.5, 0.6) is 0 Å². The quantitative estimate of drug-likeness (QED) is 0.247. The fourth-order valence-electron chi connectivity index (χ4n) is 5.03. The summed E-state index contributed by atoms with van der Waals surface area (Å²) in [5.74, 6) is 7.15. The minimum Gasteiger partial charge on any atom is -0.444 e. The van der Waals surface area contributed by atoms with Crippen molar-refractivity contribution >= 4 is 29.2 Å². The van der Waals surface area contributed by atoms with E-state index >= 15 is 0 Å². The number of hydrogen-bond donors (Lipinski definition) is 1. The Kier molecular flexibility index (Phi) is 8.21. The molecule has 0 radical (unpaired) electrons. The molecule has 0 spiro atoms. The summed E-state index contributed by atoms with van der Waals surface area (Å²) in [6.07, 6.45) is 5.17. The zero-order chi connectivity index (χ0) is 31.4. The van der Waals surface area contributed by atoms with Gasteiger partial charge >= 0.3 is 6.09 Å².